The summed E-state index contributed by atoms with van der Waals surface area (Å²) in [4.78, 5) is 0. The highest BCUT2D eigenvalue weighted by molar-refractivity contribution is 9.10. The van der Waals surface area contributed by atoms with Gasteiger partial charge in [-0.3, -0.25) is 0 Å². The predicted octanol–water partition coefficient (Wildman–Crippen LogP) is 2.72. The highest BCUT2D eigenvalue weighted by Crippen LogP contribution is 2.36. The van der Waals surface area contributed by atoms with Crippen molar-refractivity contribution >= 4 is 15.9 Å². The van der Waals surface area contributed by atoms with Gasteiger partial charge in [-0.1, -0.05) is 0 Å². The third-order valence-electron chi connectivity index (χ3n) is 2.72. The fourth-order valence-electron chi connectivity index (χ4n) is 1.78. The summed E-state index contributed by atoms with van der Waals surface area (Å²) < 4.78 is 12.0. The monoisotopic (exact) mass is 331 g/mol. The number of rotatable bonds is 9. The number of aliphatic hydroxyl groups excluding tert-OH is 1. The Morgan fingerprint density at radius 2 is 2.05 bits per heavy atom. The van der Waals surface area contributed by atoms with Crippen LogP contribution in [0.25, 0.3) is 0 Å². The van der Waals surface area contributed by atoms with Crippen molar-refractivity contribution in [2.45, 2.75) is 25.8 Å². The summed E-state index contributed by atoms with van der Waals surface area (Å²) >= 11 is 3.52. The molecule has 4 nitrogen and oxygen atoms in total. The van der Waals surface area contributed by atoms with Crippen LogP contribution in [-0.4, -0.2) is 32.5 Å². The Morgan fingerprint density at radius 3 is 2.68 bits per heavy atom. The number of aliphatic hydroxyl groups is 1. The zero-order chi connectivity index (χ0) is 14.1. The Morgan fingerprint density at radius 1 is 1.26 bits per heavy atom. The molecule has 0 bridgehead atoms. The predicted molar refractivity (Wildman–Crippen MR) is 79.9 cm³/mol. The SMILES string of the molecule is CNCc1cc(Br)c(OCCCCCO)c(OC)c1. The molecule has 1 aromatic rings. The van der Waals surface area contributed by atoms with Gasteiger partial charge in [0.15, 0.2) is 11.5 Å². The van der Waals surface area contributed by atoms with E-state index in [9.17, 15) is 0 Å². The van der Waals surface area contributed by atoms with E-state index in [-0.39, 0.29) is 6.61 Å². The molecule has 1 rings (SSSR count). The molecular formula is C14H22BrNO3. The molecule has 0 aliphatic carbocycles. The van der Waals surface area contributed by atoms with Gasteiger partial charge in [0, 0.05) is 13.2 Å². The molecule has 0 fully saturated rings. The second-order valence-corrected chi connectivity index (χ2v) is 5.13. The van der Waals surface area contributed by atoms with Gasteiger partial charge in [-0.15, -0.1) is 0 Å². The number of ether oxygens (including phenoxy) is 2. The van der Waals surface area contributed by atoms with Crippen molar-refractivity contribution in [3.63, 3.8) is 0 Å². The smallest absolute Gasteiger partial charge is 0.175 e. The molecule has 1 aromatic carbocycles. The van der Waals surface area contributed by atoms with E-state index >= 15 is 0 Å². The van der Waals surface area contributed by atoms with Crippen LogP contribution in [0.4, 0.5) is 0 Å². The van der Waals surface area contributed by atoms with Gasteiger partial charge in [0.25, 0.3) is 0 Å². The molecule has 0 amide bonds. The number of hydrogen-bond acceptors (Lipinski definition) is 4. The van der Waals surface area contributed by atoms with Gasteiger partial charge in [-0.2, -0.15) is 0 Å². The van der Waals surface area contributed by atoms with E-state index in [0.717, 1.165) is 47.3 Å². The second kappa shape index (κ2) is 9.18. The quantitative estimate of drug-likeness (QED) is 0.683. The molecule has 0 spiro atoms. The van der Waals surface area contributed by atoms with Crippen LogP contribution in [0.3, 0.4) is 0 Å². The zero-order valence-corrected chi connectivity index (χ0v) is 13.1. The van der Waals surface area contributed by atoms with E-state index < -0.39 is 0 Å². The Kier molecular flexibility index (Phi) is 7.86. The van der Waals surface area contributed by atoms with Crippen molar-refractivity contribution in [1.82, 2.24) is 5.32 Å². The van der Waals surface area contributed by atoms with Crippen LogP contribution in [0.1, 0.15) is 24.8 Å². The lowest BCUT2D eigenvalue weighted by Gasteiger charge is -2.14. The van der Waals surface area contributed by atoms with E-state index in [2.05, 4.69) is 21.2 Å². The average Bonchev–Trinajstić information content (AvgIpc) is 2.40. The summed E-state index contributed by atoms with van der Waals surface area (Å²) in [7, 11) is 3.55. The van der Waals surface area contributed by atoms with Crippen molar-refractivity contribution < 1.29 is 14.6 Å². The molecule has 0 saturated carbocycles. The van der Waals surface area contributed by atoms with Crippen molar-refractivity contribution in [2.75, 3.05) is 27.4 Å². The first kappa shape index (κ1) is 16.3. The van der Waals surface area contributed by atoms with Gasteiger partial charge >= 0.3 is 0 Å². The highest BCUT2D eigenvalue weighted by Gasteiger charge is 2.11. The molecule has 2 N–H and O–H groups in total. The maximum atomic E-state index is 8.72. The summed E-state index contributed by atoms with van der Waals surface area (Å²) in [6.45, 7) is 1.65. The van der Waals surface area contributed by atoms with Crippen LogP contribution in [-0.2, 0) is 6.54 Å². The molecule has 0 heterocycles. The van der Waals surface area contributed by atoms with Gasteiger partial charge in [0.1, 0.15) is 0 Å². The standard InChI is InChI=1S/C14H22BrNO3/c1-16-10-11-8-12(15)14(13(9-11)18-2)19-7-5-3-4-6-17/h8-9,16-17H,3-7,10H2,1-2H3. The highest BCUT2D eigenvalue weighted by atomic mass is 79.9. The lowest BCUT2D eigenvalue weighted by Crippen LogP contribution is -2.06. The van der Waals surface area contributed by atoms with E-state index in [1.165, 1.54) is 0 Å². The molecule has 0 unspecified atom stereocenters. The largest absolute Gasteiger partial charge is 0.493 e. The Bertz CT molecular complexity index is 385. The minimum atomic E-state index is 0.242. The topological polar surface area (TPSA) is 50.7 Å². The summed E-state index contributed by atoms with van der Waals surface area (Å²) in [5.41, 5.74) is 1.14. The Balaban J connectivity index is 2.65. The first-order chi connectivity index (χ1) is 9.22. The summed E-state index contributed by atoms with van der Waals surface area (Å²) in [6.07, 6.45) is 2.71. The van der Waals surface area contributed by atoms with Crippen molar-refractivity contribution in [2.24, 2.45) is 0 Å². The first-order valence-corrected chi connectivity index (χ1v) is 7.27. The van der Waals surface area contributed by atoms with Gasteiger partial charge in [-0.05, 0) is 59.9 Å². The van der Waals surface area contributed by atoms with Crippen LogP contribution in [0.2, 0.25) is 0 Å². The van der Waals surface area contributed by atoms with Crippen LogP contribution in [0, 0.1) is 0 Å². The number of halogens is 1. The maximum Gasteiger partial charge on any atom is 0.175 e. The third-order valence-corrected chi connectivity index (χ3v) is 3.31. The molecule has 0 aliphatic rings. The molecule has 0 aliphatic heterocycles. The fraction of sp³-hybridized carbons (Fsp3) is 0.571. The third kappa shape index (κ3) is 5.38. The van der Waals surface area contributed by atoms with Crippen LogP contribution in [0.15, 0.2) is 16.6 Å². The molecule has 5 heteroatoms. The van der Waals surface area contributed by atoms with E-state index in [0.29, 0.717) is 6.61 Å². The molecule has 0 radical (unpaired) electrons. The molecule has 0 aromatic heterocycles. The molecule has 0 saturated heterocycles. The minimum Gasteiger partial charge on any atom is -0.493 e. The van der Waals surface area contributed by atoms with Gasteiger partial charge in [-0.25, -0.2) is 0 Å². The normalized spacial score (nSPS) is 10.5. The molecule has 0 atom stereocenters. The Hall–Kier alpha value is -0.780. The summed E-state index contributed by atoms with van der Waals surface area (Å²) in [6, 6.07) is 4.01. The van der Waals surface area contributed by atoms with E-state index in [1.54, 1.807) is 7.11 Å². The molecular weight excluding hydrogens is 310 g/mol. The maximum absolute atomic E-state index is 8.72. The minimum absolute atomic E-state index is 0.242. The average molecular weight is 332 g/mol. The lowest BCUT2D eigenvalue weighted by molar-refractivity contribution is 0.259. The molecule has 19 heavy (non-hydrogen) atoms. The number of methoxy groups -OCH3 is 1. The van der Waals surface area contributed by atoms with Crippen molar-refractivity contribution in [1.29, 1.82) is 0 Å². The Labute approximate surface area is 123 Å². The van der Waals surface area contributed by atoms with Crippen LogP contribution < -0.4 is 14.8 Å². The fourth-order valence-corrected chi connectivity index (χ4v) is 2.39. The summed E-state index contributed by atoms with van der Waals surface area (Å²) in [5.74, 6) is 1.48. The van der Waals surface area contributed by atoms with Crippen LogP contribution in [0.5, 0.6) is 11.5 Å². The van der Waals surface area contributed by atoms with E-state index in [4.69, 9.17) is 14.6 Å². The number of hydrogen-bond donors (Lipinski definition) is 2. The van der Waals surface area contributed by atoms with E-state index in [1.807, 2.05) is 19.2 Å². The van der Waals surface area contributed by atoms with Gasteiger partial charge in [0.2, 0.25) is 0 Å². The van der Waals surface area contributed by atoms with Crippen molar-refractivity contribution in [3.8, 4) is 11.5 Å². The zero-order valence-electron chi connectivity index (χ0n) is 11.5. The summed E-state index contributed by atoms with van der Waals surface area (Å²) in [5, 5.41) is 11.8. The molecule has 108 valence electrons. The number of nitrogens with one attached hydrogen (secondary N) is 1. The number of unbranched alkanes of at least 4 members (excludes halogenated alkanes) is 2. The van der Waals surface area contributed by atoms with Gasteiger partial charge < -0.3 is 19.9 Å². The van der Waals surface area contributed by atoms with Crippen LogP contribution >= 0.6 is 15.9 Å². The van der Waals surface area contributed by atoms with Crippen molar-refractivity contribution in [3.05, 3.63) is 22.2 Å². The van der Waals surface area contributed by atoms with Gasteiger partial charge in [0.05, 0.1) is 18.2 Å². The number of benzene rings is 1. The lowest BCUT2D eigenvalue weighted by atomic mass is 10.2. The first-order valence-electron chi connectivity index (χ1n) is 6.47. The second-order valence-electron chi connectivity index (χ2n) is 4.27.